The molecule has 2 heterocycles. The molecular formula is C21H23FN4O2. The summed E-state index contributed by atoms with van der Waals surface area (Å²) in [6, 6.07) is 13.5. The zero-order valence-electron chi connectivity index (χ0n) is 16.0. The molecule has 6 nitrogen and oxygen atoms in total. The van der Waals surface area contributed by atoms with Crippen molar-refractivity contribution in [3.8, 4) is 11.5 Å². The van der Waals surface area contributed by atoms with Crippen LogP contribution in [-0.2, 0) is 0 Å². The standard InChI is InChI=1S/C21H23FN4O2/c1-27-18-11-16-17(12-19(18)28-2)24-21(26-10-6-7-14(22)13-26)25-20(16)23-15-8-4-3-5-9-15/h3-5,8-9,11-12,14H,6-7,10,13H2,1-2H3,(H,23,24,25). The molecule has 7 heteroatoms. The van der Waals surface area contributed by atoms with Crippen LogP contribution in [0.15, 0.2) is 42.5 Å². The number of para-hydroxylation sites is 1. The second-order valence-corrected chi connectivity index (χ2v) is 6.77. The number of fused-ring (bicyclic) bond motifs is 1. The Hall–Kier alpha value is -3.09. The Morgan fingerprint density at radius 2 is 1.82 bits per heavy atom. The molecule has 28 heavy (non-hydrogen) atoms. The summed E-state index contributed by atoms with van der Waals surface area (Å²) in [7, 11) is 3.19. The van der Waals surface area contributed by atoms with Gasteiger partial charge < -0.3 is 19.7 Å². The van der Waals surface area contributed by atoms with Gasteiger partial charge in [0.15, 0.2) is 11.5 Å². The molecule has 0 aliphatic carbocycles. The Morgan fingerprint density at radius 1 is 1.07 bits per heavy atom. The highest BCUT2D eigenvalue weighted by molar-refractivity contribution is 5.94. The number of hydrogen-bond donors (Lipinski definition) is 1. The molecule has 0 radical (unpaired) electrons. The average Bonchev–Trinajstić information content (AvgIpc) is 2.73. The van der Waals surface area contributed by atoms with Gasteiger partial charge in [-0.1, -0.05) is 18.2 Å². The van der Waals surface area contributed by atoms with E-state index < -0.39 is 6.17 Å². The molecule has 2 aromatic carbocycles. The van der Waals surface area contributed by atoms with Crippen LogP contribution in [0.5, 0.6) is 11.5 Å². The van der Waals surface area contributed by atoms with Crippen molar-refractivity contribution in [2.75, 3.05) is 37.5 Å². The quantitative estimate of drug-likeness (QED) is 0.709. The lowest BCUT2D eigenvalue weighted by Crippen LogP contribution is -2.37. The van der Waals surface area contributed by atoms with Crippen LogP contribution in [0.4, 0.5) is 21.8 Å². The van der Waals surface area contributed by atoms with Gasteiger partial charge in [-0.15, -0.1) is 0 Å². The first-order chi connectivity index (χ1) is 13.7. The number of aromatic nitrogens is 2. The lowest BCUT2D eigenvalue weighted by atomic mass is 10.1. The molecule has 1 unspecified atom stereocenters. The SMILES string of the molecule is COc1cc2nc(N3CCCC(F)C3)nc(Nc3ccccc3)c2cc1OC. The van der Waals surface area contributed by atoms with E-state index >= 15 is 0 Å². The maximum absolute atomic E-state index is 13.9. The molecule has 0 bridgehead atoms. The fourth-order valence-corrected chi connectivity index (χ4v) is 3.45. The molecule has 1 aromatic heterocycles. The van der Waals surface area contributed by atoms with Crippen molar-refractivity contribution in [3.63, 3.8) is 0 Å². The van der Waals surface area contributed by atoms with Crippen molar-refractivity contribution in [3.05, 3.63) is 42.5 Å². The molecule has 3 aromatic rings. The lowest BCUT2D eigenvalue weighted by molar-refractivity contribution is 0.285. The maximum atomic E-state index is 13.9. The van der Waals surface area contributed by atoms with Crippen LogP contribution in [0.2, 0.25) is 0 Å². The molecule has 146 valence electrons. The number of benzene rings is 2. The second kappa shape index (κ2) is 7.88. The summed E-state index contributed by atoms with van der Waals surface area (Å²) in [5.41, 5.74) is 1.62. The molecule has 1 N–H and O–H groups in total. The van der Waals surface area contributed by atoms with Crippen molar-refractivity contribution in [1.82, 2.24) is 9.97 Å². The van der Waals surface area contributed by atoms with Crippen LogP contribution in [0.25, 0.3) is 10.9 Å². The van der Waals surface area contributed by atoms with Crippen molar-refractivity contribution < 1.29 is 13.9 Å². The van der Waals surface area contributed by atoms with E-state index in [1.165, 1.54) is 0 Å². The number of rotatable bonds is 5. The third kappa shape index (κ3) is 3.65. The highest BCUT2D eigenvalue weighted by Gasteiger charge is 2.23. The summed E-state index contributed by atoms with van der Waals surface area (Å²) >= 11 is 0. The highest BCUT2D eigenvalue weighted by Crippen LogP contribution is 2.36. The summed E-state index contributed by atoms with van der Waals surface area (Å²) in [5, 5.41) is 4.16. The van der Waals surface area contributed by atoms with Crippen molar-refractivity contribution >= 4 is 28.4 Å². The number of nitrogens with zero attached hydrogens (tertiary/aromatic N) is 3. The zero-order chi connectivity index (χ0) is 19.5. The van der Waals surface area contributed by atoms with Gasteiger partial charge in [0.05, 0.1) is 26.3 Å². The number of ether oxygens (including phenoxy) is 2. The number of anilines is 3. The van der Waals surface area contributed by atoms with Gasteiger partial charge in [0.25, 0.3) is 0 Å². The van der Waals surface area contributed by atoms with Crippen molar-refractivity contribution in [2.45, 2.75) is 19.0 Å². The van der Waals surface area contributed by atoms with Gasteiger partial charge in [-0.25, -0.2) is 9.37 Å². The molecule has 0 saturated carbocycles. The minimum atomic E-state index is -0.857. The average molecular weight is 382 g/mol. The number of nitrogens with one attached hydrogen (secondary N) is 1. The van der Waals surface area contributed by atoms with Gasteiger partial charge in [-0.2, -0.15) is 4.98 Å². The van der Waals surface area contributed by atoms with E-state index in [4.69, 9.17) is 19.4 Å². The summed E-state index contributed by atoms with van der Waals surface area (Å²) in [5.74, 6) is 2.35. The third-order valence-corrected chi connectivity index (χ3v) is 4.87. The van der Waals surface area contributed by atoms with E-state index in [0.717, 1.165) is 24.0 Å². The van der Waals surface area contributed by atoms with Gasteiger partial charge in [0, 0.05) is 23.7 Å². The van der Waals surface area contributed by atoms with Crippen LogP contribution in [0.1, 0.15) is 12.8 Å². The Balaban J connectivity index is 1.84. The predicted molar refractivity (Wildman–Crippen MR) is 109 cm³/mol. The van der Waals surface area contributed by atoms with Crippen molar-refractivity contribution in [1.29, 1.82) is 0 Å². The lowest BCUT2D eigenvalue weighted by Gasteiger charge is -2.29. The van der Waals surface area contributed by atoms with Gasteiger partial charge in [0.1, 0.15) is 12.0 Å². The molecule has 0 spiro atoms. The van der Waals surface area contributed by atoms with Gasteiger partial charge in [-0.05, 0) is 31.0 Å². The molecule has 1 fully saturated rings. The van der Waals surface area contributed by atoms with Crippen LogP contribution < -0.4 is 19.7 Å². The molecule has 1 aliphatic heterocycles. The molecule has 1 atom stereocenters. The molecule has 1 aliphatic rings. The van der Waals surface area contributed by atoms with Crippen LogP contribution in [0, 0.1) is 0 Å². The fourth-order valence-electron chi connectivity index (χ4n) is 3.45. The maximum Gasteiger partial charge on any atom is 0.228 e. The first kappa shape index (κ1) is 18.3. The summed E-state index contributed by atoms with van der Waals surface area (Å²) in [6.07, 6.45) is 0.518. The Labute approximate surface area is 163 Å². The van der Waals surface area contributed by atoms with Crippen LogP contribution in [-0.4, -0.2) is 43.4 Å². The monoisotopic (exact) mass is 382 g/mol. The number of hydrogen-bond acceptors (Lipinski definition) is 6. The third-order valence-electron chi connectivity index (χ3n) is 4.87. The summed E-state index contributed by atoms with van der Waals surface area (Å²) in [6.45, 7) is 1.05. The molecule has 0 amide bonds. The van der Waals surface area contributed by atoms with E-state index in [9.17, 15) is 4.39 Å². The molecule has 4 rings (SSSR count). The summed E-state index contributed by atoms with van der Waals surface area (Å²) in [4.78, 5) is 11.3. The topological polar surface area (TPSA) is 59.5 Å². The van der Waals surface area contributed by atoms with Gasteiger partial charge in [0.2, 0.25) is 5.95 Å². The Kier molecular flexibility index (Phi) is 5.14. The molecular weight excluding hydrogens is 359 g/mol. The number of alkyl halides is 1. The van der Waals surface area contributed by atoms with Crippen LogP contribution in [0.3, 0.4) is 0 Å². The minimum Gasteiger partial charge on any atom is -0.493 e. The van der Waals surface area contributed by atoms with E-state index in [2.05, 4.69) is 5.32 Å². The van der Waals surface area contributed by atoms with E-state index in [1.54, 1.807) is 14.2 Å². The minimum absolute atomic E-state index is 0.309. The van der Waals surface area contributed by atoms with E-state index in [0.29, 0.717) is 41.7 Å². The number of piperidine rings is 1. The van der Waals surface area contributed by atoms with E-state index in [1.807, 2.05) is 47.4 Å². The van der Waals surface area contributed by atoms with Crippen LogP contribution >= 0.6 is 0 Å². The smallest absolute Gasteiger partial charge is 0.228 e. The van der Waals surface area contributed by atoms with E-state index in [-0.39, 0.29) is 0 Å². The number of halogens is 1. The summed E-state index contributed by atoms with van der Waals surface area (Å²) < 4.78 is 24.8. The largest absolute Gasteiger partial charge is 0.493 e. The van der Waals surface area contributed by atoms with Gasteiger partial charge >= 0.3 is 0 Å². The first-order valence-electron chi connectivity index (χ1n) is 9.33. The second-order valence-electron chi connectivity index (χ2n) is 6.77. The normalized spacial score (nSPS) is 16.8. The molecule has 1 saturated heterocycles. The zero-order valence-corrected chi connectivity index (χ0v) is 16.0. The highest BCUT2D eigenvalue weighted by atomic mass is 19.1. The first-order valence-corrected chi connectivity index (χ1v) is 9.33. The predicted octanol–water partition coefficient (Wildman–Crippen LogP) is 4.33. The Morgan fingerprint density at radius 3 is 2.54 bits per heavy atom. The Bertz CT molecular complexity index is 968. The van der Waals surface area contributed by atoms with Crippen molar-refractivity contribution in [2.24, 2.45) is 0 Å². The fraction of sp³-hybridized carbons (Fsp3) is 0.333. The number of methoxy groups -OCH3 is 2. The van der Waals surface area contributed by atoms with Gasteiger partial charge in [-0.3, -0.25) is 0 Å².